The molecule has 0 saturated carbocycles. The van der Waals surface area contributed by atoms with Crippen molar-refractivity contribution >= 4 is 40.9 Å². The van der Waals surface area contributed by atoms with Crippen LogP contribution >= 0.6 is 23.2 Å². The van der Waals surface area contributed by atoms with Gasteiger partial charge in [-0.15, -0.1) is 0 Å². The first kappa shape index (κ1) is 27.9. The number of nitrogens with zero attached hydrogens (tertiary/aromatic N) is 3. The second-order valence-corrected chi connectivity index (χ2v) is 9.68. The van der Waals surface area contributed by atoms with E-state index in [1.807, 2.05) is 19.2 Å². The zero-order valence-electron chi connectivity index (χ0n) is 21.3. The summed E-state index contributed by atoms with van der Waals surface area (Å²) in [5.74, 6) is 1.26. The van der Waals surface area contributed by atoms with Gasteiger partial charge in [-0.1, -0.05) is 37.0 Å². The zero-order valence-corrected chi connectivity index (χ0v) is 22.9. The molecule has 0 aliphatic carbocycles. The number of hydrogen-bond donors (Lipinski definition) is 0. The highest BCUT2D eigenvalue weighted by Crippen LogP contribution is 2.41. The van der Waals surface area contributed by atoms with Crippen LogP contribution in [0.1, 0.15) is 32.3 Å². The standard InChI is InChI=1S/C26H33Cl2N3O5/c1-6-35-24(32)16-31(26(33)30-11-9-29(4)10-12-30)18-13-21(27)25(22(28)14-18)36-19-7-8-23(34-5)20(15-19)17(2)3/h7-8,13-15,17H,6,9-12,16H2,1-5H3. The van der Waals surface area contributed by atoms with Crippen LogP contribution < -0.4 is 14.4 Å². The van der Waals surface area contributed by atoms with E-state index in [0.29, 0.717) is 24.5 Å². The molecular weight excluding hydrogens is 505 g/mol. The van der Waals surface area contributed by atoms with Crippen LogP contribution in [0.25, 0.3) is 0 Å². The molecule has 2 aromatic carbocycles. The maximum atomic E-state index is 13.4. The van der Waals surface area contributed by atoms with Crippen molar-refractivity contribution in [3.63, 3.8) is 0 Å². The molecule has 0 radical (unpaired) electrons. The highest BCUT2D eigenvalue weighted by molar-refractivity contribution is 6.37. The fourth-order valence-corrected chi connectivity index (χ4v) is 4.47. The quantitative estimate of drug-likeness (QED) is 0.405. The molecule has 3 rings (SSSR count). The molecule has 1 heterocycles. The van der Waals surface area contributed by atoms with Gasteiger partial charge in [0.05, 0.1) is 23.8 Å². The van der Waals surface area contributed by atoms with Crippen molar-refractivity contribution in [3.8, 4) is 17.2 Å². The second kappa shape index (κ2) is 12.5. The van der Waals surface area contributed by atoms with E-state index in [4.69, 9.17) is 37.4 Å². The number of hydrogen-bond acceptors (Lipinski definition) is 6. The predicted molar refractivity (Wildman–Crippen MR) is 142 cm³/mol. The van der Waals surface area contributed by atoms with Crippen molar-refractivity contribution in [2.24, 2.45) is 0 Å². The summed E-state index contributed by atoms with van der Waals surface area (Å²) < 4.78 is 16.6. The van der Waals surface area contributed by atoms with E-state index < -0.39 is 5.97 Å². The number of urea groups is 1. The van der Waals surface area contributed by atoms with Gasteiger partial charge >= 0.3 is 12.0 Å². The zero-order chi connectivity index (χ0) is 26.4. The third kappa shape index (κ3) is 6.75. The van der Waals surface area contributed by atoms with E-state index >= 15 is 0 Å². The van der Waals surface area contributed by atoms with Gasteiger partial charge in [-0.25, -0.2) is 4.79 Å². The van der Waals surface area contributed by atoms with Gasteiger partial charge in [0.25, 0.3) is 0 Å². The van der Waals surface area contributed by atoms with Crippen LogP contribution in [0.3, 0.4) is 0 Å². The number of carbonyl (C=O) groups is 2. The van der Waals surface area contributed by atoms with Crippen LogP contribution in [0.5, 0.6) is 17.2 Å². The van der Waals surface area contributed by atoms with E-state index in [0.717, 1.165) is 24.4 Å². The number of esters is 1. The van der Waals surface area contributed by atoms with Crippen LogP contribution in [0.4, 0.5) is 10.5 Å². The molecule has 0 bridgehead atoms. The van der Waals surface area contributed by atoms with Crippen molar-refractivity contribution in [2.75, 3.05) is 58.4 Å². The average molecular weight is 538 g/mol. The lowest BCUT2D eigenvalue weighted by molar-refractivity contribution is -0.141. The second-order valence-electron chi connectivity index (χ2n) is 8.86. The Kier molecular flexibility index (Phi) is 9.70. The van der Waals surface area contributed by atoms with Gasteiger partial charge in [-0.3, -0.25) is 9.69 Å². The summed E-state index contributed by atoms with van der Waals surface area (Å²) in [4.78, 5) is 30.9. The molecule has 0 spiro atoms. The Labute approximate surface area is 222 Å². The van der Waals surface area contributed by atoms with Crippen molar-refractivity contribution < 1.29 is 23.8 Å². The molecule has 36 heavy (non-hydrogen) atoms. The van der Waals surface area contributed by atoms with Crippen LogP contribution in [-0.4, -0.2) is 75.3 Å². The summed E-state index contributed by atoms with van der Waals surface area (Å²) in [6.45, 7) is 8.37. The summed E-state index contributed by atoms with van der Waals surface area (Å²) in [5.41, 5.74) is 1.36. The van der Waals surface area contributed by atoms with Crippen LogP contribution in [0.15, 0.2) is 30.3 Å². The van der Waals surface area contributed by atoms with Crippen LogP contribution in [0.2, 0.25) is 10.0 Å². The Hall–Kier alpha value is -2.68. The lowest BCUT2D eigenvalue weighted by Crippen LogP contribution is -2.53. The Bertz CT molecular complexity index is 1060. The molecule has 0 N–H and O–H groups in total. The minimum absolute atomic E-state index is 0.208. The normalized spacial score (nSPS) is 14.1. The van der Waals surface area contributed by atoms with E-state index in [1.54, 1.807) is 37.1 Å². The number of amides is 2. The minimum atomic E-state index is -0.521. The van der Waals surface area contributed by atoms with E-state index in [1.165, 1.54) is 4.90 Å². The fourth-order valence-electron chi connectivity index (χ4n) is 3.92. The SMILES string of the molecule is CCOC(=O)CN(C(=O)N1CCN(C)CC1)c1cc(Cl)c(Oc2ccc(OC)c(C(C)C)c2)c(Cl)c1. The number of anilines is 1. The van der Waals surface area contributed by atoms with Gasteiger partial charge in [0.15, 0.2) is 5.75 Å². The molecule has 10 heteroatoms. The first-order valence-electron chi connectivity index (χ1n) is 11.9. The number of piperazine rings is 1. The fraction of sp³-hybridized carbons (Fsp3) is 0.462. The lowest BCUT2D eigenvalue weighted by atomic mass is 10.0. The molecule has 2 aromatic rings. The average Bonchev–Trinajstić information content (AvgIpc) is 2.84. The highest BCUT2D eigenvalue weighted by Gasteiger charge is 2.28. The number of likely N-dealkylation sites (N-methyl/N-ethyl adjacent to an activating group) is 1. The van der Waals surface area contributed by atoms with Gasteiger partial charge in [0, 0.05) is 37.4 Å². The predicted octanol–water partition coefficient (Wildman–Crippen LogP) is 5.65. The number of carbonyl (C=O) groups excluding carboxylic acids is 2. The third-order valence-electron chi connectivity index (χ3n) is 5.94. The van der Waals surface area contributed by atoms with Crippen LogP contribution in [-0.2, 0) is 9.53 Å². The topological polar surface area (TPSA) is 71.6 Å². The van der Waals surface area contributed by atoms with Crippen molar-refractivity contribution in [1.29, 1.82) is 0 Å². The molecule has 1 saturated heterocycles. The molecule has 8 nitrogen and oxygen atoms in total. The summed E-state index contributed by atoms with van der Waals surface area (Å²) in [6.07, 6.45) is 0. The highest BCUT2D eigenvalue weighted by atomic mass is 35.5. The molecule has 1 fully saturated rings. The van der Waals surface area contributed by atoms with Crippen molar-refractivity contribution in [1.82, 2.24) is 9.80 Å². The van der Waals surface area contributed by atoms with E-state index in [2.05, 4.69) is 18.7 Å². The Balaban J connectivity index is 1.91. The van der Waals surface area contributed by atoms with Gasteiger partial charge in [-0.05, 0) is 50.2 Å². The summed E-state index contributed by atoms with van der Waals surface area (Å²) in [7, 11) is 3.63. The molecule has 1 aliphatic rings. The van der Waals surface area contributed by atoms with Gasteiger partial charge in [0.1, 0.15) is 18.0 Å². The molecule has 1 aliphatic heterocycles. The number of methoxy groups -OCH3 is 1. The lowest BCUT2D eigenvalue weighted by Gasteiger charge is -2.36. The Morgan fingerprint density at radius 2 is 1.69 bits per heavy atom. The molecule has 0 atom stereocenters. The number of halogens is 2. The van der Waals surface area contributed by atoms with Crippen LogP contribution in [0, 0.1) is 0 Å². The Morgan fingerprint density at radius 1 is 1.06 bits per heavy atom. The van der Waals surface area contributed by atoms with Gasteiger partial charge in [-0.2, -0.15) is 0 Å². The van der Waals surface area contributed by atoms with E-state index in [-0.39, 0.29) is 40.9 Å². The van der Waals surface area contributed by atoms with Gasteiger partial charge in [0.2, 0.25) is 0 Å². The molecule has 196 valence electrons. The number of ether oxygens (including phenoxy) is 3. The summed E-state index contributed by atoms with van der Waals surface area (Å²) >= 11 is 13.2. The first-order chi connectivity index (χ1) is 17.1. The Morgan fingerprint density at radius 3 is 2.25 bits per heavy atom. The van der Waals surface area contributed by atoms with Crippen molar-refractivity contribution in [2.45, 2.75) is 26.7 Å². The monoisotopic (exact) mass is 537 g/mol. The number of benzene rings is 2. The molecule has 0 aromatic heterocycles. The number of rotatable bonds is 8. The third-order valence-corrected chi connectivity index (χ3v) is 6.50. The maximum absolute atomic E-state index is 13.4. The maximum Gasteiger partial charge on any atom is 0.326 e. The summed E-state index contributed by atoms with van der Waals surface area (Å²) in [6, 6.07) is 8.32. The smallest absolute Gasteiger partial charge is 0.326 e. The minimum Gasteiger partial charge on any atom is -0.496 e. The molecular formula is C26H33Cl2N3O5. The van der Waals surface area contributed by atoms with Gasteiger partial charge < -0.3 is 24.0 Å². The summed E-state index contributed by atoms with van der Waals surface area (Å²) in [5, 5.41) is 0.416. The van der Waals surface area contributed by atoms with E-state index in [9.17, 15) is 9.59 Å². The molecule has 0 unspecified atom stereocenters. The van der Waals surface area contributed by atoms with Crippen molar-refractivity contribution in [3.05, 3.63) is 45.9 Å². The first-order valence-corrected chi connectivity index (χ1v) is 12.7. The largest absolute Gasteiger partial charge is 0.496 e. The molecule has 2 amide bonds.